The molecule has 41 heavy (non-hydrogen) atoms. The van der Waals surface area contributed by atoms with Gasteiger partial charge in [0.05, 0.1) is 24.9 Å². The zero-order valence-corrected chi connectivity index (χ0v) is 24.1. The van der Waals surface area contributed by atoms with E-state index in [2.05, 4.69) is 35.1 Å². The predicted octanol–water partition coefficient (Wildman–Crippen LogP) is 4.89. The van der Waals surface area contributed by atoms with Crippen molar-refractivity contribution in [3.63, 3.8) is 0 Å². The Morgan fingerprint density at radius 3 is 1.68 bits per heavy atom. The summed E-state index contributed by atoms with van der Waals surface area (Å²) in [5, 5.41) is 8.78. The molecule has 0 radical (unpaired) electrons. The van der Waals surface area contributed by atoms with Gasteiger partial charge in [0.15, 0.2) is 35.2 Å². The highest BCUT2D eigenvalue weighted by molar-refractivity contribution is 6.65. The van der Waals surface area contributed by atoms with Crippen LogP contribution in [0, 0.1) is 11.6 Å². The number of methoxy groups -OCH3 is 2. The van der Waals surface area contributed by atoms with Crippen LogP contribution in [0.3, 0.4) is 0 Å². The molecule has 2 aliphatic heterocycles. The fourth-order valence-electron chi connectivity index (χ4n) is 3.31. The second-order valence-corrected chi connectivity index (χ2v) is 9.56. The van der Waals surface area contributed by atoms with Gasteiger partial charge in [-0.3, -0.25) is 4.79 Å². The van der Waals surface area contributed by atoms with Crippen LogP contribution in [-0.4, -0.2) is 52.4 Å². The lowest BCUT2D eigenvalue weighted by Gasteiger charge is -2.15. The smallest absolute Gasteiger partial charge is 0.358 e. The van der Waals surface area contributed by atoms with E-state index in [1.54, 1.807) is 0 Å². The molecule has 0 fully saturated rings. The molecule has 4 heterocycles. The summed E-state index contributed by atoms with van der Waals surface area (Å²) in [7, 11) is 2.26. The van der Waals surface area contributed by atoms with Crippen LogP contribution >= 0.6 is 46.4 Å². The maximum Gasteiger partial charge on any atom is 0.358 e. The van der Waals surface area contributed by atoms with Crippen molar-refractivity contribution >= 4 is 86.0 Å². The molecular weight excluding hydrogens is 640 g/mol. The van der Waals surface area contributed by atoms with Crippen LogP contribution < -0.4 is 11.1 Å². The van der Waals surface area contributed by atoms with Gasteiger partial charge < -0.3 is 30.2 Å². The standard InChI is InChI=1S/C12H10Cl2FN3O4.C10H8Cl2FN3O3/c1-4(19)16-10-7(14)11(12(20)21-2)17-9(8(10)15)5-3-6(13)18-22-5;1-18-10(17)9-5(12)7(14)6(13)8(15-9)3-2-4(11)16-19-3/h5H,3H2,1-2H3,(H,16,17,19);3H,2H2,1H3,(H2,14,15). The number of esters is 2. The van der Waals surface area contributed by atoms with E-state index in [9.17, 15) is 23.2 Å². The molecule has 3 N–H and O–H groups in total. The van der Waals surface area contributed by atoms with Gasteiger partial charge in [-0.15, -0.1) is 0 Å². The van der Waals surface area contributed by atoms with Crippen LogP contribution in [0.2, 0.25) is 10.0 Å². The number of anilines is 2. The minimum Gasteiger partial charge on any atom is -0.464 e. The van der Waals surface area contributed by atoms with Gasteiger partial charge in [0.2, 0.25) is 5.91 Å². The number of amides is 1. The number of hydrogen-bond acceptors (Lipinski definition) is 12. The summed E-state index contributed by atoms with van der Waals surface area (Å²) in [6.07, 6.45) is -1.57. The topological polar surface area (TPSA) is 177 Å². The zero-order chi connectivity index (χ0) is 30.6. The van der Waals surface area contributed by atoms with Crippen LogP contribution in [0.5, 0.6) is 0 Å². The second-order valence-electron chi connectivity index (χ2n) is 7.93. The molecule has 220 valence electrons. The van der Waals surface area contributed by atoms with Crippen LogP contribution in [0.1, 0.15) is 64.3 Å². The molecule has 4 rings (SSSR count). The van der Waals surface area contributed by atoms with Crippen molar-refractivity contribution in [1.29, 1.82) is 0 Å². The van der Waals surface area contributed by atoms with Crippen molar-refractivity contribution in [3.8, 4) is 0 Å². The highest BCUT2D eigenvalue weighted by atomic mass is 35.5. The minimum atomic E-state index is -0.931. The Hall–Kier alpha value is -3.53. The number of halogens is 6. The minimum absolute atomic E-state index is 0.0766. The van der Waals surface area contributed by atoms with E-state index in [4.69, 9.17) is 61.8 Å². The van der Waals surface area contributed by atoms with Crippen LogP contribution in [0.4, 0.5) is 20.2 Å². The molecule has 1 amide bonds. The van der Waals surface area contributed by atoms with E-state index in [0.717, 1.165) is 14.2 Å². The van der Waals surface area contributed by atoms with E-state index in [-0.39, 0.29) is 61.7 Å². The average molecular weight is 658 g/mol. The maximum atomic E-state index is 14.5. The molecule has 2 aromatic heterocycles. The highest BCUT2D eigenvalue weighted by Gasteiger charge is 2.33. The summed E-state index contributed by atoms with van der Waals surface area (Å²) in [5.41, 5.74) is 3.62. The summed E-state index contributed by atoms with van der Waals surface area (Å²) in [5.74, 6) is -4.09. The molecule has 0 bridgehead atoms. The summed E-state index contributed by atoms with van der Waals surface area (Å²) < 4.78 is 37.6. The lowest BCUT2D eigenvalue weighted by molar-refractivity contribution is -0.114. The Kier molecular flexibility index (Phi) is 10.5. The first-order chi connectivity index (χ1) is 19.3. The number of ether oxygens (including phenoxy) is 2. The zero-order valence-electron chi connectivity index (χ0n) is 21.1. The summed E-state index contributed by atoms with van der Waals surface area (Å²) >= 11 is 23.0. The average Bonchev–Trinajstić information content (AvgIpc) is 3.57. The molecule has 2 atom stereocenters. The van der Waals surface area contributed by atoms with Gasteiger partial charge in [-0.25, -0.2) is 28.3 Å². The number of nitrogens with zero attached hydrogens (tertiary/aromatic N) is 4. The van der Waals surface area contributed by atoms with E-state index in [0.29, 0.717) is 0 Å². The number of oxime groups is 2. The number of hydrogen-bond donors (Lipinski definition) is 2. The second kappa shape index (κ2) is 13.4. The summed E-state index contributed by atoms with van der Waals surface area (Å²) in [6, 6.07) is 0. The molecule has 2 aliphatic rings. The molecule has 0 aromatic carbocycles. The van der Waals surface area contributed by atoms with Crippen LogP contribution in [0.25, 0.3) is 0 Å². The molecule has 0 saturated heterocycles. The molecule has 0 spiro atoms. The van der Waals surface area contributed by atoms with Crippen molar-refractivity contribution in [2.45, 2.75) is 32.0 Å². The van der Waals surface area contributed by atoms with Gasteiger partial charge in [0.1, 0.15) is 32.4 Å². The van der Waals surface area contributed by atoms with E-state index in [1.165, 1.54) is 6.92 Å². The number of aromatic nitrogens is 2. The molecule has 13 nitrogen and oxygen atoms in total. The Balaban J connectivity index is 0.000000228. The Morgan fingerprint density at radius 1 is 0.854 bits per heavy atom. The molecule has 2 aromatic rings. The number of rotatable bonds is 5. The number of nitrogens with two attached hydrogens (primary N) is 1. The van der Waals surface area contributed by atoms with Crippen molar-refractivity contribution in [3.05, 3.63) is 44.5 Å². The highest BCUT2D eigenvalue weighted by Crippen LogP contribution is 2.37. The first-order valence-corrected chi connectivity index (χ1v) is 12.6. The monoisotopic (exact) mass is 656 g/mol. The molecule has 0 saturated carbocycles. The van der Waals surface area contributed by atoms with Gasteiger partial charge in [-0.1, -0.05) is 56.7 Å². The third-order valence-corrected chi connectivity index (χ3v) is 6.37. The predicted molar refractivity (Wildman–Crippen MR) is 143 cm³/mol. The molecule has 0 aliphatic carbocycles. The largest absolute Gasteiger partial charge is 0.464 e. The number of pyridine rings is 2. The van der Waals surface area contributed by atoms with Gasteiger partial charge in [0, 0.05) is 19.8 Å². The van der Waals surface area contributed by atoms with Crippen LogP contribution in [0.15, 0.2) is 10.3 Å². The third-order valence-electron chi connectivity index (χ3n) is 5.18. The van der Waals surface area contributed by atoms with E-state index in [1.807, 2.05) is 0 Å². The maximum absolute atomic E-state index is 14.5. The van der Waals surface area contributed by atoms with Crippen LogP contribution in [-0.2, 0) is 23.9 Å². The normalized spacial score (nSPS) is 17.3. The Labute approximate surface area is 249 Å². The van der Waals surface area contributed by atoms with E-state index < -0.39 is 47.4 Å². The van der Waals surface area contributed by atoms with Crippen molar-refractivity contribution in [1.82, 2.24) is 9.97 Å². The summed E-state index contributed by atoms with van der Waals surface area (Å²) in [6.45, 7) is 1.17. The fourth-order valence-corrected chi connectivity index (χ4v) is 4.12. The molecule has 2 unspecified atom stereocenters. The Morgan fingerprint density at radius 2 is 1.29 bits per heavy atom. The van der Waals surface area contributed by atoms with Gasteiger partial charge in [-0.05, 0) is 0 Å². The van der Waals surface area contributed by atoms with Gasteiger partial charge in [0.25, 0.3) is 0 Å². The fraction of sp³-hybridized carbons (Fsp3) is 0.318. The first-order valence-electron chi connectivity index (χ1n) is 11.0. The number of carbonyl (C=O) groups is 3. The summed E-state index contributed by atoms with van der Waals surface area (Å²) in [4.78, 5) is 51.9. The lowest BCUT2D eigenvalue weighted by atomic mass is 10.1. The van der Waals surface area contributed by atoms with Gasteiger partial charge in [-0.2, -0.15) is 0 Å². The first kappa shape index (κ1) is 32.0. The van der Waals surface area contributed by atoms with Crippen molar-refractivity contribution in [2.24, 2.45) is 10.3 Å². The number of nitrogens with one attached hydrogen (secondary N) is 1. The van der Waals surface area contributed by atoms with E-state index >= 15 is 0 Å². The lowest BCUT2D eigenvalue weighted by Crippen LogP contribution is -2.17. The molecule has 19 heteroatoms. The number of nitrogen functional groups attached to an aromatic ring is 1. The molecular formula is C22H18Cl4F2N6O7. The third kappa shape index (κ3) is 7.04. The van der Waals surface area contributed by atoms with Crippen molar-refractivity contribution in [2.75, 3.05) is 25.3 Å². The van der Waals surface area contributed by atoms with Crippen molar-refractivity contribution < 1.29 is 42.3 Å². The Bertz CT molecular complexity index is 1480. The number of carbonyl (C=O) groups excluding carboxylic acids is 3. The van der Waals surface area contributed by atoms with Gasteiger partial charge >= 0.3 is 11.9 Å². The quantitative estimate of drug-likeness (QED) is 0.421. The SMILES string of the molecule is COC(=O)c1nc(C2CC(Cl)=NO2)c(F)c(N)c1Cl.COC(=O)c1nc(C2CC(Cl)=NO2)c(F)c(NC(C)=O)c1Cl.